The van der Waals surface area contributed by atoms with Crippen molar-refractivity contribution in [2.75, 3.05) is 0 Å². The lowest BCUT2D eigenvalue weighted by Crippen LogP contribution is -2.11. The topological polar surface area (TPSA) is 55.2 Å². The van der Waals surface area contributed by atoms with Crippen molar-refractivity contribution in [2.24, 2.45) is 0 Å². The lowest BCUT2D eigenvalue weighted by atomic mass is 10.1. The van der Waals surface area contributed by atoms with Gasteiger partial charge in [-0.3, -0.25) is 0 Å². The van der Waals surface area contributed by atoms with Gasteiger partial charge in [-0.15, -0.1) is 0 Å². The zero-order valence-corrected chi connectivity index (χ0v) is 11.1. The SMILES string of the molecule is O=c1cc(C(F)(F)F)c2ccc(OCc3cc[nH]c3)cc2o1. The van der Waals surface area contributed by atoms with Gasteiger partial charge in [0.25, 0.3) is 0 Å². The minimum atomic E-state index is -4.62. The van der Waals surface area contributed by atoms with E-state index in [4.69, 9.17) is 9.15 Å². The Morgan fingerprint density at radius 2 is 2.00 bits per heavy atom. The van der Waals surface area contributed by atoms with Crippen molar-refractivity contribution in [2.45, 2.75) is 12.8 Å². The summed E-state index contributed by atoms with van der Waals surface area (Å²) in [6, 6.07) is 6.17. The molecule has 22 heavy (non-hydrogen) atoms. The third kappa shape index (κ3) is 2.83. The van der Waals surface area contributed by atoms with E-state index in [9.17, 15) is 18.0 Å². The highest BCUT2D eigenvalue weighted by atomic mass is 19.4. The van der Waals surface area contributed by atoms with Gasteiger partial charge in [-0.05, 0) is 18.2 Å². The molecular formula is C15H10F3NO3. The van der Waals surface area contributed by atoms with Crippen LogP contribution >= 0.6 is 0 Å². The van der Waals surface area contributed by atoms with E-state index >= 15 is 0 Å². The molecule has 2 heterocycles. The fourth-order valence-electron chi connectivity index (χ4n) is 2.08. The van der Waals surface area contributed by atoms with Gasteiger partial charge in [0.1, 0.15) is 17.9 Å². The second-order valence-electron chi connectivity index (χ2n) is 4.64. The van der Waals surface area contributed by atoms with Crippen LogP contribution in [0.1, 0.15) is 11.1 Å². The van der Waals surface area contributed by atoms with Gasteiger partial charge >= 0.3 is 11.8 Å². The minimum Gasteiger partial charge on any atom is -0.489 e. The summed E-state index contributed by atoms with van der Waals surface area (Å²) in [5.74, 6) is 0.316. The summed E-state index contributed by atoms with van der Waals surface area (Å²) in [5.41, 5.74) is -1.35. The molecule has 1 aromatic carbocycles. The summed E-state index contributed by atoms with van der Waals surface area (Å²) in [6.45, 7) is 0.248. The number of hydrogen-bond acceptors (Lipinski definition) is 3. The van der Waals surface area contributed by atoms with Gasteiger partial charge in [-0.2, -0.15) is 13.2 Å². The highest BCUT2D eigenvalue weighted by Gasteiger charge is 2.33. The first-order valence-corrected chi connectivity index (χ1v) is 6.33. The average molecular weight is 309 g/mol. The molecule has 0 saturated carbocycles. The van der Waals surface area contributed by atoms with Crippen LogP contribution in [0.15, 0.2) is 51.9 Å². The van der Waals surface area contributed by atoms with Crippen LogP contribution in [0.5, 0.6) is 5.75 Å². The van der Waals surface area contributed by atoms with E-state index in [1.54, 1.807) is 12.4 Å². The van der Waals surface area contributed by atoms with E-state index in [0.717, 1.165) is 5.56 Å². The van der Waals surface area contributed by atoms with Crippen LogP contribution in [-0.2, 0) is 12.8 Å². The fraction of sp³-hybridized carbons (Fsp3) is 0.133. The van der Waals surface area contributed by atoms with Crippen LogP contribution in [0.3, 0.4) is 0 Å². The molecule has 0 fully saturated rings. The van der Waals surface area contributed by atoms with Gasteiger partial charge < -0.3 is 14.1 Å². The molecular weight excluding hydrogens is 299 g/mol. The normalized spacial score (nSPS) is 11.8. The van der Waals surface area contributed by atoms with Crippen molar-refractivity contribution < 1.29 is 22.3 Å². The molecule has 0 amide bonds. The second-order valence-corrected chi connectivity index (χ2v) is 4.64. The largest absolute Gasteiger partial charge is 0.489 e. The number of fused-ring (bicyclic) bond motifs is 1. The maximum absolute atomic E-state index is 12.9. The van der Waals surface area contributed by atoms with Gasteiger partial charge in [0.05, 0.1) is 5.56 Å². The number of halogens is 3. The van der Waals surface area contributed by atoms with Crippen LogP contribution in [0, 0.1) is 0 Å². The summed E-state index contributed by atoms with van der Waals surface area (Å²) >= 11 is 0. The summed E-state index contributed by atoms with van der Waals surface area (Å²) < 4.78 is 49.0. The van der Waals surface area contributed by atoms with E-state index in [-0.39, 0.29) is 17.6 Å². The third-order valence-corrected chi connectivity index (χ3v) is 3.09. The molecule has 0 radical (unpaired) electrons. The Bertz CT molecular complexity index is 851. The van der Waals surface area contributed by atoms with Crippen LogP contribution in [-0.4, -0.2) is 4.98 Å². The van der Waals surface area contributed by atoms with E-state index in [1.165, 1.54) is 18.2 Å². The molecule has 4 nitrogen and oxygen atoms in total. The number of alkyl halides is 3. The van der Waals surface area contributed by atoms with Crippen molar-refractivity contribution in [1.82, 2.24) is 4.98 Å². The molecule has 0 unspecified atom stereocenters. The van der Waals surface area contributed by atoms with Crippen molar-refractivity contribution in [3.63, 3.8) is 0 Å². The summed E-state index contributed by atoms with van der Waals surface area (Å²) in [4.78, 5) is 14.2. The molecule has 114 valence electrons. The van der Waals surface area contributed by atoms with Crippen molar-refractivity contribution >= 4 is 11.0 Å². The van der Waals surface area contributed by atoms with Crippen LogP contribution in [0.4, 0.5) is 13.2 Å². The first kappa shape index (κ1) is 14.2. The number of aromatic amines is 1. The molecule has 0 aliphatic carbocycles. The Kier molecular flexibility index (Phi) is 3.40. The molecule has 0 atom stereocenters. The first-order valence-electron chi connectivity index (χ1n) is 6.33. The zero-order chi connectivity index (χ0) is 15.7. The Balaban J connectivity index is 1.98. The Morgan fingerprint density at radius 1 is 1.18 bits per heavy atom. The Hall–Kier alpha value is -2.70. The number of H-pyrrole nitrogens is 1. The summed E-state index contributed by atoms with van der Waals surface area (Å²) in [6.07, 6.45) is -1.15. The molecule has 1 N–H and O–H groups in total. The maximum atomic E-state index is 12.9. The molecule has 3 rings (SSSR count). The first-order chi connectivity index (χ1) is 10.4. The minimum absolute atomic E-state index is 0.161. The predicted molar refractivity (Wildman–Crippen MR) is 72.6 cm³/mol. The van der Waals surface area contributed by atoms with Gasteiger partial charge in [0.15, 0.2) is 0 Å². The number of aromatic nitrogens is 1. The van der Waals surface area contributed by atoms with Crippen molar-refractivity contribution in [1.29, 1.82) is 0 Å². The lowest BCUT2D eigenvalue weighted by Gasteiger charge is -2.10. The molecule has 0 saturated heterocycles. The second kappa shape index (κ2) is 5.25. The Labute approximate surface area is 122 Å². The molecule has 0 aliphatic rings. The molecule has 0 aliphatic heterocycles. The zero-order valence-electron chi connectivity index (χ0n) is 11.1. The Morgan fingerprint density at radius 3 is 2.68 bits per heavy atom. The molecule has 3 aromatic rings. The predicted octanol–water partition coefficient (Wildman–Crippen LogP) is 3.72. The summed E-state index contributed by atoms with van der Waals surface area (Å²) in [7, 11) is 0. The van der Waals surface area contributed by atoms with Crippen molar-refractivity contribution in [3.8, 4) is 5.75 Å². The molecule has 7 heteroatoms. The quantitative estimate of drug-likeness (QED) is 0.750. The monoisotopic (exact) mass is 309 g/mol. The van der Waals surface area contributed by atoms with Crippen LogP contribution in [0.2, 0.25) is 0 Å². The van der Waals surface area contributed by atoms with Crippen LogP contribution < -0.4 is 10.4 Å². The number of ether oxygens (including phenoxy) is 1. The summed E-state index contributed by atoms with van der Waals surface area (Å²) in [5, 5.41) is -0.180. The smallest absolute Gasteiger partial charge is 0.417 e. The molecule has 0 spiro atoms. The van der Waals surface area contributed by atoms with E-state index in [0.29, 0.717) is 11.8 Å². The average Bonchev–Trinajstić information content (AvgIpc) is 2.96. The van der Waals surface area contributed by atoms with Crippen LogP contribution in [0.25, 0.3) is 11.0 Å². The van der Waals surface area contributed by atoms with E-state index in [2.05, 4.69) is 4.98 Å². The fourth-order valence-corrected chi connectivity index (χ4v) is 2.08. The number of rotatable bonds is 3. The highest BCUT2D eigenvalue weighted by Crippen LogP contribution is 2.34. The highest BCUT2D eigenvalue weighted by molar-refractivity contribution is 5.82. The van der Waals surface area contributed by atoms with Gasteiger partial charge in [0.2, 0.25) is 0 Å². The van der Waals surface area contributed by atoms with E-state index < -0.39 is 17.4 Å². The number of nitrogens with one attached hydrogen (secondary N) is 1. The lowest BCUT2D eigenvalue weighted by molar-refractivity contribution is -0.136. The third-order valence-electron chi connectivity index (χ3n) is 3.09. The maximum Gasteiger partial charge on any atom is 0.417 e. The van der Waals surface area contributed by atoms with Crippen molar-refractivity contribution in [3.05, 3.63) is 64.3 Å². The van der Waals surface area contributed by atoms with E-state index in [1.807, 2.05) is 6.07 Å². The standard InChI is InChI=1S/C15H10F3NO3/c16-15(17,18)12-6-14(20)22-13-5-10(1-2-11(12)13)21-8-9-3-4-19-7-9/h1-7,19H,8H2. The van der Waals surface area contributed by atoms with Gasteiger partial charge in [-0.1, -0.05) is 0 Å². The van der Waals surface area contributed by atoms with Gasteiger partial charge in [0, 0.05) is 35.5 Å². The molecule has 2 aromatic heterocycles. The number of hydrogen-bond donors (Lipinski definition) is 1. The van der Waals surface area contributed by atoms with Gasteiger partial charge in [-0.25, -0.2) is 4.79 Å². The number of benzene rings is 1. The molecule has 0 bridgehead atoms.